The number of carboxylic acid groups (broad SMARTS) is 1. The first kappa shape index (κ1) is 43.1. The number of hydrogen-bond donors (Lipinski definition) is 7. The molecule has 2 aromatic rings. The summed E-state index contributed by atoms with van der Waals surface area (Å²) in [4.78, 5) is 96.1. The minimum Gasteiger partial charge on any atom is -0.481 e. The Morgan fingerprint density at radius 2 is 1.54 bits per heavy atom. The van der Waals surface area contributed by atoms with Crippen LogP contribution in [0.5, 0.6) is 0 Å². The van der Waals surface area contributed by atoms with Crippen molar-refractivity contribution >= 4 is 41.4 Å². The molecule has 1 aromatic heterocycles. The van der Waals surface area contributed by atoms with Crippen LogP contribution >= 0.6 is 0 Å². The third kappa shape index (κ3) is 11.3. The maximum atomic E-state index is 14.1. The van der Waals surface area contributed by atoms with Gasteiger partial charge >= 0.3 is 5.97 Å². The van der Waals surface area contributed by atoms with E-state index in [0.29, 0.717) is 25.1 Å². The fraction of sp³-hybridized carbons (Fsp3) is 0.568. The van der Waals surface area contributed by atoms with Crippen LogP contribution < -0.4 is 27.0 Å². The van der Waals surface area contributed by atoms with Crippen LogP contribution in [0.2, 0.25) is 0 Å². The number of carboxylic acids is 1. The second kappa shape index (κ2) is 19.1. The van der Waals surface area contributed by atoms with Gasteiger partial charge in [0, 0.05) is 31.8 Å². The van der Waals surface area contributed by atoms with Crippen LogP contribution in [0.1, 0.15) is 78.5 Å². The van der Waals surface area contributed by atoms with E-state index in [2.05, 4.69) is 26.3 Å². The van der Waals surface area contributed by atoms with Crippen molar-refractivity contribution in [2.24, 2.45) is 17.6 Å². The van der Waals surface area contributed by atoms with E-state index in [1.807, 2.05) is 62.6 Å². The molecule has 6 unspecified atom stereocenters. The number of amides is 6. The number of likely N-dealkylation sites (tertiary alicyclic amines) is 1. The smallest absolute Gasteiger partial charge is 0.303 e. The van der Waals surface area contributed by atoms with Gasteiger partial charge in [-0.2, -0.15) is 0 Å². The van der Waals surface area contributed by atoms with Crippen LogP contribution in [-0.4, -0.2) is 109 Å². The van der Waals surface area contributed by atoms with Crippen LogP contribution in [-0.2, 0) is 45.5 Å². The first-order valence-corrected chi connectivity index (χ1v) is 18.0. The quantitative estimate of drug-likeness (QED) is 0.0994. The van der Waals surface area contributed by atoms with Gasteiger partial charge in [-0.05, 0) is 50.5 Å². The number of aliphatic hydroxyl groups excluding tert-OH is 1. The van der Waals surface area contributed by atoms with Gasteiger partial charge in [-0.15, -0.1) is 0 Å². The van der Waals surface area contributed by atoms with Crippen molar-refractivity contribution in [3.63, 3.8) is 0 Å². The van der Waals surface area contributed by atoms with Crippen LogP contribution in [0.3, 0.4) is 0 Å². The number of aliphatic carboxylic acids is 1. The molecule has 296 valence electrons. The van der Waals surface area contributed by atoms with Gasteiger partial charge in [0.1, 0.15) is 30.2 Å². The summed E-state index contributed by atoms with van der Waals surface area (Å²) in [7, 11) is 0. The number of nitrogens with two attached hydrogens (primary N) is 1. The highest BCUT2D eigenvalue weighted by molar-refractivity contribution is 5.96. The molecule has 3 rings (SSSR count). The normalized spacial score (nSPS) is 17.1. The lowest BCUT2D eigenvalue weighted by molar-refractivity contribution is -0.139. The number of nitrogens with one attached hydrogen (secondary N) is 4. The summed E-state index contributed by atoms with van der Waals surface area (Å²) in [6.45, 7) is 9.90. The molecule has 0 aliphatic carbocycles. The van der Waals surface area contributed by atoms with Crippen molar-refractivity contribution < 1.29 is 43.8 Å². The maximum absolute atomic E-state index is 14.1. The number of carbonyl (C=O) groups excluding carboxylic acids is 6. The number of primary amides is 1. The predicted molar refractivity (Wildman–Crippen MR) is 196 cm³/mol. The average molecular weight is 755 g/mol. The Morgan fingerprint density at radius 1 is 0.926 bits per heavy atom. The van der Waals surface area contributed by atoms with Gasteiger partial charge < -0.3 is 46.7 Å². The third-order valence-corrected chi connectivity index (χ3v) is 9.63. The van der Waals surface area contributed by atoms with E-state index < -0.39 is 90.2 Å². The zero-order valence-corrected chi connectivity index (χ0v) is 31.7. The molecule has 6 atom stereocenters. The first-order chi connectivity index (χ1) is 25.4. The molecular formula is C37H54N8O9. The molecule has 0 bridgehead atoms. The van der Waals surface area contributed by atoms with Crippen molar-refractivity contribution in [2.45, 2.75) is 109 Å². The number of nitrogens with zero attached hydrogens (tertiary/aromatic N) is 3. The molecule has 17 heteroatoms. The Labute approximate surface area is 314 Å². The minimum absolute atomic E-state index is 0.0712. The molecule has 0 saturated carbocycles. The molecule has 54 heavy (non-hydrogen) atoms. The lowest BCUT2D eigenvalue weighted by atomic mass is 9.93. The van der Waals surface area contributed by atoms with E-state index in [1.54, 1.807) is 12.5 Å². The van der Waals surface area contributed by atoms with Crippen molar-refractivity contribution in [3.8, 4) is 0 Å². The van der Waals surface area contributed by atoms with Gasteiger partial charge in [-0.1, -0.05) is 51.1 Å². The lowest BCUT2D eigenvalue weighted by Gasteiger charge is -2.31. The molecule has 0 spiro atoms. The monoisotopic (exact) mass is 754 g/mol. The van der Waals surface area contributed by atoms with Crippen LogP contribution in [0.4, 0.5) is 0 Å². The Bertz CT molecular complexity index is 1660. The van der Waals surface area contributed by atoms with Crippen LogP contribution in [0.15, 0.2) is 42.9 Å². The summed E-state index contributed by atoms with van der Waals surface area (Å²) in [5.74, 6) is -6.57. The Balaban J connectivity index is 1.94. The molecule has 1 saturated heterocycles. The SMILES string of the molecule is CC(=O)N1CCCC1C(=O)NC(CC(C)C)C(=O)NC(Cc1cncn1C(C)(C)c1ccccc1)C(=O)NC(CO)C(=O)NC(C(N)=O)C(C)CC(=O)O. The molecule has 1 fully saturated rings. The van der Waals surface area contributed by atoms with Crippen molar-refractivity contribution in [3.05, 3.63) is 54.1 Å². The number of rotatable bonds is 19. The van der Waals surface area contributed by atoms with Gasteiger partial charge in [0.05, 0.1) is 24.9 Å². The van der Waals surface area contributed by atoms with Crippen LogP contribution in [0, 0.1) is 11.8 Å². The van der Waals surface area contributed by atoms with Crippen LogP contribution in [0.25, 0.3) is 0 Å². The Kier molecular flexibility index (Phi) is 15.3. The van der Waals surface area contributed by atoms with E-state index in [1.165, 1.54) is 18.7 Å². The van der Waals surface area contributed by atoms with Gasteiger partial charge in [0.2, 0.25) is 35.4 Å². The Hall–Kier alpha value is -5.32. The summed E-state index contributed by atoms with van der Waals surface area (Å²) in [6, 6.07) is 3.25. The van der Waals surface area contributed by atoms with E-state index in [9.17, 15) is 43.8 Å². The number of aromatic nitrogens is 2. The molecule has 1 aromatic carbocycles. The van der Waals surface area contributed by atoms with Gasteiger partial charge in [-0.3, -0.25) is 33.6 Å². The third-order valence-electron chi connectivity index (χ3n) is 9.63. The largest absolute Gasteiger partial charge is 0.481 e. The van der Waals surface area contributed by atoms with E-state index >= 15 is 0 Å². The highest BCUT2D eigenvalue weighted by atomic mass is 16.4. The summed E-state index contributed by atoms with van der Waals surface area (Å²) >= 11 is 0. The van der Waals surface area contributed by atoms with E-state index in [0.717, 1.165) is 5.56 Å². The highest BCUT2D eigenvalue weighted by Gasteiger charge is 2.37. The molecule has 0 radical (unpaired) electrons. The molecule has 6 amide bonds. The van der Waals surface area contributed by atoms with Crippen molar-refractivity contribution in [1.82, 2.24) is 35.7 Å². The number of carbonyl (C=O) groups is 7. The summed E-state index contributed by atoms with van der Waals surface area (Å²) in [5.41, 5.74) is 6.22. The molecule has 1 aliphatic rings. The lowest BCUT2D eigenvalue weighted by Crippen LogP contribution is -2.60. The fourth-order valence-corrected chi connectivity index (χ4v) is 6.65. The maximum Gasteiger partial charge on any atom is 0.303 e. The second-order valence-electron chi connectivity index (χ2n) is 14.7. The standard InChI is InChI=1S/C37H54N8O9/c1-21(2)15-26(41-36(54)29-13-10-14-44(29)23(4)47)33(51)40-27(17-25-18-39-20-45(25)37(5,6)24-11-8-7-9-12-24)34(52)42-28(19-46)35(53)43-31(32(38)50)22(3)16-30(48)49/h7-9,11-12,18,20-22,26-29,31,46H,10,13-17,19H2,1-6H3,(H2,38,50)(H,40,51)(H,41,54)(H,42,52)(H,43,53)(H,48,49). The highest BCUT2D eigenvalue weighted by Crippen LogP contribution is 2.27. The summed E-state index contributed by atoms with van der Waals surface area (Å²) < 4.78 is 1.84. The Morgan fingerprint density at radius 3 is 2.11 bits per heavy atom. The zero-order chi connectivity index (χ0) is 40.3. The molecule has 2 heterocycles. The molecule has 1 aliphatic heterocycles. The van der Waals surface area contributed by atoms with Gasteiger partial charge in [0.25, 0.3) is 0 Å². The van der Waals surface area contributed by atoms with Gasteiger partial charge in [0.15, 0.2) is 0 Å². The van der Waals surface area contributed by atoms with E-state index in [-0.39, 0.29) is 24.7 Å². The van der Waals surface area contributed by atoms with Crippen molar-refractivity contribution in [2.75, 3.05) is 13.2 Å². The first-order valence-electron chi connectivity index (χ1n) is 18.0. The average Bonchev–Trinajstić information content (AvgIpc) is 3.79. The summed E-state index contributed by atoms with van der Waals surface area (Å²) in [5, 5.41) is 29.6. The topological polar surface area (TPSA) is 255 Å². The zero-order valence-electron chi connectivity index (χ0n) is 31.7. The van der Waals surface area contributed by atoms with E-state index in [4.69, 9.17) is 5.73 Å². The van der Waals surface area contributed by atoms with Crippen molar-refractivity contribution in [1.29, 1.82) is 0 Å². The molecular weight excluding hydrogens is 700 g/mol. The summed E-state index contributed by atoms with van der Waals surface area (Å²) in [6.07, 6.45) is 3.76. The number of benzene rings is 1. The number of aliphatic hydroxyl groups is 1. The number of hydrogen-bond acceptors (Lipinski definition) is 9. The minimum atomic E-state index is -1.63. The predicted octanol–water partition coefficient (Wildman–Crippen LogP) is -0.206. The fourth-order valence-electron chi connectivity index (χ4n) is 6.65. The molecule has 8 N–H and O–H groups in total. The second-order valence-corrected chi connectivity index (χ2v) is 14.7. The number of imidazole rings is 1. The molecule has 17 nitrogen and oxygen atoms in total. The van der Waals surface area contributed by atoms with Gasteiger partial charge in [-0.25, -0.2) is 4.98 Å².